The molecule has 0 radical (unpaired) electrons. The normalized spacial score (nSPS) is 16.5. The minimum Gasteiger partial charge on any atom is -0.444 e. The zero-order valence-corrected chi connectivity index (χ0v) is 21.6. The number of aryl methyl sites for hydroxylation is 1. The van der Waals surface area contributed by atoms with Crippen molar-refractivity contribution in [3.05, 3.63) is 83.4 Å². The van der Waals surface area contributed by atoms with Crippen LogP contribution in [-0.4, -0.2) is 47.8 Å². The molecule has 2 saturated heterocycles. The Balaban J connectivity index is 1.32. The second kappa shape index (κ2) is 9.23. The van der Waals surface area contributed by atoms with E-state index in [1.54, 1.807) is 17.0 Å². The first-order valence-corrected chi connectivity index (χ1v) is 12.7. The number of amides is 1. The third kappa shape index (κ3) is 4.81. The highest BCUT2D eigenvalue weighted by molar-refractivity contribution is 5.73. The lowest BCUT2D eigenvalue weighted by atomic mass is 9.72. The van der Waals surface area contributed by atoms with E-state index in [1.165, 1.54) is 5.56 Å². The molecule has 5 rings (SSSR count). The summed E-state index contributed by atoms with van der Waals surface area (Å²) < 4.78 is 19.8. The van der Waals surface area contributed by atoms with Crippen molar-refractivity contribution in [2.24, 2.45) is 5.41 Å². The molecule has 0 N–H and O–H groups in total. The first-order chi connectivity index (χ1) is 17.2. The van der Waals surface area contributed by atoms with Gasteiger partial charge in [0.25, 0.3) is 0 Å². The molecule has 188 valence electrons. The molecule has 0 saturated carbocycles. The lowest BCUT2D eigenvalue weighted by molar-refractivity contribution is -0.0453. The predicted molar refractivity (Wildman–Crippen MR) is 141 cm³/mol. The monoisotopic (exact) mass is 487 g/mol. The number of nitrogens with zero attached hydrogens (tertiary/aromatic N) is 3. The van der Waals surface area contributed by atoms with E-state index in [1.807, 2.05) is 51.4 Å². The van der Waals surface area contributed by atoms with Crippen LogP contribution in [0.3, 0.4) is 0 Å². The van der Waals surface area contributed by atoms with Crippen LogP contribution in [0, 0.1) is 11.2 Å². The van der Waals surface area contributed by atoms with Crippen molar-refractivity contribution >= 4 is 11.8 Å². The maximum absolute atomic E-state index is 14.3. The average molecular weight is 488 g/mol. The molecular formula is C30H34FN3O2. The summed E-state index contributed by atoms with van der Waals surface area (Å²) in [5.41, 5.74) is 6.26. The molecule has 0 atom stereocenters. The molecule has 6 heteroatoms. The fourth-order valence-electron chi connectivity index (χ4n) is 5.47. The summed E-state index contributed by atoms with van der Waals surface area (Å²) in [5, 5.41) is 0. The molecule has 0 unspecified atom stereocenters. The van der Waals surface area contributed by atoms with Crippen molar-refractivity contribution in [2.45, 2.75) is 46.1 Å². The van der Waals surface area contributed by atoms with Crippen molar-refractivity contribution in [3.63, 3.8) is 0 Å². The number of carbonyl (C=O) groups excluding carboxylic acids is 1. The summed E-state index contributed by atoms with van der Waals surface area (Å²) in [6.45, 7) is 11.1. The fourth-order valence-corrected chi connectivity index (χ4v) is 5.47. The van der Waals surface area contributed by atoms with Gasteiger partial charge in [0.15, 0.2) is 0 Å². The Kier molecular flexibility index (Phi) is 6.23. The molecular weight excluding hydrogens is 453 g/mol. The molecule has 3 aromatic rings. The van der Waals surface area contributed by atoms with E-state index in [9.17, 15) is 9.18 Å². The van der Waals surface area contributed by atoms with Crippen LogP contribution < -0.4 is 4.90 Å². The molecule has 0 aliphatic carbocycles. The number of pyridine rings is 1. The highest BCUT2D eigenvalue weighted by atomic mass is 19.1. The van der Waals surface area contributed by atoms with Gasteiger partial charge in [0.05, 0.1) is 0 Å². The van der Waals surface area contributed by atoms with Crippen LogP contribution in [0.15, 0.2) is 60.9 Å². The van der Waals surface area contributed by atoms with Gasteiger partial charge in [0.1, 0.15) is 11.4 Å². The van der Waals surface area contributed by atoms with Gasteiger partial charge in [0.2, 0.25) is 0 Å². The van der Waals surface area contributed by atoms with Gasteiger partial charge < -0.3 is 14.5 Å². The molecule has 36 heavy (non-hydrogen) atoms. The lowest BCUT2D eigenvalue weighted by Gasteiger charge is -2.60. The Morgan fingerprint density at radius 1 is 1.00 bits per heavy atom. The average Bonchev–Trinajstić information content (AvgIpc) is 2.78. The molecule has 5 nitrogen and oxygen atoms in total. The summed E-state index contributed by atoms with van der Waals surface area (Å²) in [7, 11) is 0. The van der Waals surface area contributed by atoms with Crippen molar-refractivity contribution in [1.29, 1.82) is 0 Å². The largest absolute Gasteiger partial charge is 0.444 e. The van der Waals surface area contributed by atoms with E-state index < -0.39 is 5.60 Å². The number of halogens is 1. The molecule has 2 aliphatic heterocycles. The second-order valence-corrected chi connectivity index (χ2v) is 11.2. The van der Waals surface area contributed by atoms with Crippen LogP contribution in [0.5, 0.6) is 0 Å². The van der Waals surface area contributed by atoms with E-state index >= 15 is 0 Å². The Labute approximate surface area is 212 Å². The molecule has 1 amide bonds. The fraction of sp³-hybridized carbons (Fsp3) is 0.400. The van der Waals surface area contributed by atoms with Crippen LogP contribution in [0.2, 0.25) is 0 Å². The summed E-state index contributed by atoms with van der Waals surface area (Å²) in [6.07, 6.45) is 5.08. The van der Waals surface area contributed by atoms with Gasteiger partial charge in [0, 0.05) is 56.1 Å². The number of aromatic nitrogens is 1. The highest BCUT2D eigenvalue weighted by Crippen LogP contribution is 2.43. The van der Waals surface area contributed by atoms with E-state index in [-0.39, 0.29) is 17.3 Å². The van der Waals surface area contributed by atoms with Crippen LogP contribution in [0.1, 0.15) is 44.4 Å². The minimum atomic E-state index is -0.478. The molecule has 1 aromatic heterocycles. The number of rotatable bonds is 5. The van der Waals surface area contributed by atoms with Gasteiger partial charge >= 0.3 is 6.09 Å². The van der Waals surface area contributed by atoms with Crippen molar-refractivity contribution in [1.82, 2.24) is 9.88 Å². The maximum Gasteiger partial charge on any atom is 0.410 e. The maximum atomic E-state index is 14.3. The minimum absolute atomic E-state index is 0.137. The van der Waals surface area contributed by atoms with Crippen LogP contribution in [0.25, 0.3) is 11.1 Å². The van der Waals surface area contributed by atoms with Gasteiger partial charge in [-0.1, -0.05) is 37.3 Å². The van der Waals surface area contributed by atoms with Crippen LogP contribution >= 0.6 is 0 Å². The number of carbonyl (C=O) groups is 1. The zero-order chi connectivity index (χ0) is 25.5. The first kappa shape index (κ1) is 24.3. The summed E-state index contributed by atoms with van der Waals surface area (Å²) in [5.74, 6) is -0.227. The number of benzene rings is 2. The number of hydrogen-bond donors (Lipinski definition) is 0. The number of hydrogen-bond acceptors (Lipinski definition) is 4. The zero-order valence-electron chi connectivity index (χ0n) is 21.6. The van der Waals surface area contributed by atoms with Gasteiger partial charge in [-0.05, 0) is 73.2 Å². The van der Waals surface area contributed by atoms with E-state index in [0.717, 1.165) is 60.5 Å². The van der Waals surface area contributed by atoms with Crippen LogP contribution in [0.4, 0.5) is 14.9 Å². The topological polar surface area (TPSA) is 45.7 Å². The van der Waals surface area contributed by atoms with Gasteiger partial charge in [-0.3, -0.25) is 4.98 Å². The Bertz CT molecular complexity index is 1270. The molecule has 2 fully saturated rings. The molecule has 1 spiro atoms. The Morgan fingerprint density at radius 3 is 2.47 bits per heavy atom. The number of anilines is 1. The van der Waals surface area contributed by atoms with E-state index in [4.69, 9.17) is 4.74 Å². The SMILES string of the molecule is CCc1ccccc1-c1cc(F)ccc1Cc1cnccc1N1CC2(CN(C(=O)OC(C)(C)C)C2)C1. The van der Waals surface area contributed by atoms with Crippen molar-refractivity contribution in [2.75, 3.05) is 31.1 Å². The van der Waals surface area contributed by atoms with E-state index in [0.29, 0.717) is 6.42 Å². The third-order valence-corrected chi connectivity index (χ3v) is 7.12. The Hall–Kier alpha value is -3.41. The van der Waals surface area contributed by atoms with Gasteiger partial charge in [-0.25, -0.2) is 9.18 Å². The van der Waals surface area contributed by atoms with Gasteiger partial charge in [-0.15, -0.1) is 0 Å². The smallest absolute Gasteiger partial charge is 0.410 e. The molecule has 3 heterocycles. The first-order valence-electron chi connectivity index (χ1n) is 12.7. The molecule has 2 aromatic carbocycles. The van der Waals surface area contributed by atoms with Crippen LogP contribution in [-0.2, 0) is 17.6 Å². The summed E-state index contributed by atoms with van der Waals surface area (Å²) in [6, 6.07) is 15.4. The number of ether oxygens (including phenoxy) is 1. The third-order valence-electron chi connectivity index (χ3n) is 7.12. The molecule has 0 bridgehead atoms. The standard InChI is InChI=1S/C30H34FN3O2/c1-5-21-8-6-7-9-25(21)26-15-24(31)11-10-22(26)14-23-16-32-13-12-27(23)33-17-30(18-33)19-34(20-30)28(35)36-29(2,3)4/h6-13,15-16H,5,14,17-20H2,1-4H3. The van der Waals surface area contributed by atoms with Gasteiger partial charge in [-0.2, -0.15) is 0 Å². The summed E-state index contributed by atoms with van der Waals surface area (Å²) in [4.78, 5) is 20.9. The number of likely N-dealkylation sites (tertiary alicyclic amines) is 1. The predicted octanol–water partition coefficient (Wildman–Crippen LogP) is 6.10. The second-order valence-electron chi connectivity index (χ2n) is 11.2. The Morgan fingerprint density at radius 2 is 1.75 bits per heavy atom. The molecule has 2 aliphatic rings. The summed E-state index contributed by atoms with van der Waals surface area (Å²) >= 11 is 0. The highest BCUT2D eigenvalue weighted by Gasteiger charge is 2.54. The quantitative estimate of drug-likeness (QED) is 0.436. The lowest BCUT2D eigenvalue weighted by Crippen LogP contribution is -2.73. The van der Waals surface area contributed by atoms with Crippen molar-refractivity contribution in [3.8, 4) is 11.1 Å². The van der Waals surface area contributed by atoms with Crippen molar-refractivity contribution < 1.29 is 13.9 Å². The van der Waals surface area contributed by atoms with E-state index in [2.05, 4.69) is 35.0 Å².